The van der Waals surface area contributed by atoms with E-state index in [1.165, 1.54) is 22.2 Å². The van der Waals surface area contributed by atoms with Gasteiger partial charge in [-0.1, -0.05) is 43.3 Å². The molecule has 0 fully saturated rings. The van der Waals surface area contributed by atoms with Gasteiger partial charge in [-0.05, 0) is 31.0 Å². The lowest BCUT2D eigenvalue weighted by molar-refractivity contribution is 0.573. The molecule has 0 aliphatic carbocycles. The molecule has 102 valence electrons. The SMILES string of the molecule is CCc1ccccc1NCc1c(C)oc2ccccc12. The van der Waals surface area contributed by atoms with Crippen molar-refractivity contribution in [2.75, 3.05) is 5.32 Å². The molecule has 2 heteroatoms. The highest BCUT2D eigenvalue weighted by Crippen LogP contribution is 2.26. The third-order valence-electron chi connectivity index (χ3n) is 3.75. The number of aryl methyl sites for hydroxylation is 2. The average Bonchev–Trinajstić information content (AvgIpc) is 2.81. The van der Waals surface area contributed by atoms with Crippen molar-refractivity contribution < 1.29 is 4.42 Å². The van der Waals surface area contributed by atoms with Gasteiger partial charge in [-0.25, -0.2) is 0 Å². The number of fused-ring (bicyclic) bond motifs is 1. The summed E-state index contributed by atoms with van der Waals surface area (Å²) in [5.41, 5.74) is 4.76. The number of rotatable bonds is 4. The summed E-state index contributed by atoms with van der Waals surface area (Å²) in [6, 6.07) is 16.7. The molecule has 2 nitrogen and oxygen atoms in total. The number of hydrogen-bond acceptors (Lipinski definition) is 2. The van der Waals surface area contributed by atoms with E-state index in [0.29, 0.717) is 0 Å². The predicted octanol–water partition coefficient (Wildman–Crippen LogP) is 4.92. The molecular formula is C18H19NO. The van der Waals surface area contributed by atoms with Crippen molar-refractivity contribution >= 4 is 16.7 Å². The molecule has 1 N–H and O–H groups in total. The Morgan fingerprint density at radius 1 is 1.00 bits per heavy atom. The molecule has 0 bridgehead atoms. The average molecular weight is 265 g/mol. The fraction of sp³-hybridized carbons (Fsp3) is 0.222. The lowest BCUT2D eigenvalue weighted by atomic mass is 10.1. The van der Waals surface area contributed by atoms with Gasteiger partial charge >= 0.3 is 0 Å². The van der Waals surface area contributed by atoms with Crippen molar-refractivity contribution in [1.82, 2.24) is 0 Å². The number of anilines is 1. The molecule has 0 saturated carbocycles. The summed E-state index contributed by atoms with van der Waals surface area (Å²) in [7, 11) is 0. The zero-order chi connectivity index (χ0) is 13.9. The van der Waals surface area contributed by atoms with E-state index in [2.05, 4.69) is 48.6 Å². The van der Waals surface area contributed by atoms with Crippen LogP contribution in [0.3, 0.4) is 0 Å². The minimum Gasteiger partial charge on any atom is -0.461 e. The van der Waals surface area contributed by atoms with Gasteiger partial charge in [-0.2, -0.15) is 0 Å². The molecule has 0 unspecified atom stereocenters. The number of nitrogens with one attached hydrogen (secondary N) is 1. The van der Waals surface area contributed by atoms with Gasteiger partial charge in [0, 0.05) is 23.2 Å². The van der Waals surface area contributed by atoms with Crippen LogP contribution < -0.4 is 5.32 Å². The summed E-state index contributed by atoms with van der Waals surface area (Å²) in [6.45, 7) is 5.00. The minimum absolute atomic E-state index is 0.792. The molecule has 3 rings (SSSR count). The second kappa shape index (κ2) is 5.41. The van der Waals surface area contributed by atoms with E-state index in [0.717, 1.165) is 24.3 Å². The first kappa shape index (κ1) is 12.8. The Morgan fingerprint density at radius 2 is 1.75 bits per heavy atom. The van der Waals surface area contributed by atoms with Gasteiger partial charge in [-0.3, -0.25) is 0 Å². The molecule has 0 aliphatic rings. The van der Waals surface area contributed by atoms with E-state index < -0.39 is 0 Å². The van der Waals surface area contributed by atoms with Crippen molar-refractivity contribution in [3.05, 3.63) is 65.4 Å². The van der Waals surface area contributed by atoms with Gasteiger partial charge < -0.3 is 9.73 Å². The van der Waals surface area contributed by atoms with Crippen LogP contribution >= 0.6 is 0 Å². The van der Waals surface area contributed by atoms with Gasteiger partial charge in [0.2, 0.25) is 0 Å². The molecule has 2 aromatic carbocycles. The molecule has 0 aliphatic heterocycles. The second-order valence-corrected chi connectivity index (χ2v) is 5.00. The van der Waals surface area contributed by atoms with Crippen molar-refractivity contribution in [1.29, 1.82) is 0 Å². The summed E-state index contributed by atoms with van der Waals surface area (Å²) in [6.07, 6.45) is 1.04. The van der Waals surface area contributed by atoms with Crippen LogP contribution in [0.5, 0.6) is 0 Å². The number of hydrogen-bond donors (Lipinski definition) is 1. The summed E-state index contributed by atoms with van der Waals surface area (Å²) >= 11 is 0. The Balaban J connectivity index is 1.89. The molecule has 3 aromatic rings. The summed E-state index contributed by atoms with van der Waals surface area (Å²) in [5, 5.41) is 4.74. The molecule has 1 aromatic heterocycles. The van der Waals surface area contributed by atoms with Crippen molar-refractivity contribution in [2.24, 2.45) is 0 Å². The molecule has 20 heavy (non-hydrogen) atoms. The molecular weight excluding hydrogens is 246 g/mol. The maximum absolute atomic E-state index is 5.80. The van der Waals surface area contributed by atoms with Crippen LogP contribution in [-0.4, -0.2) is 0 Å². The highest BCUT2D eigenvalue weighted by atomic mass is 16.3. The molecule has 0 spiro atoms. The maximum Gasteiger partial charge on any atom is 0.134 e. The number of benzene rings is 2. The van der Waals surface area contributed by atoms with Crippen LogP contribution in [-0.2, 0) is 13.0 Å². The molecule has 0 radical (unpaired) electrons. The van der Waals surface area contributed by atoms with E-state index >= 15 is 0 Å². The summed E-state index contributed by atoms with van der Waals surface area (Å²) in [4.78, 5) is 0. The smallest absolute Gasteiger partial charge is 0.134 e. The van der Waals surface area contributed by atoms with Crippen molar-refractivity contribution in [3.8, 4) is 0 Å². The largest absolute Gasteiger partial charge is 0.461 e. The quantitative estimate of drug-likeness (QED) is 0.724. The van der Waals surface area contributed by atoms with Crippen molar-refractivity contribution in [2.45, 2.75) is 26.8 Å². The summed E-state index contributed by atoms with van der Waals surface area (Å²) < 4.78 is 5.80. The van der Waals surface area contributed by atoms with Gasteiger partial charge in [0.05, 0.1) is 0 Å². The van der Waals surface area contributed by atoms with Crippen LogP contribution in [0, 0.1) is 6.92 Å². The second-order valence-electron chi connectivity index (χ2n) is 5.00. The highest BCUT2D eigenvalue weighted by molar-refractivity contribution is 5.82. The monoisotopic (exact) mass is 265 g/mol. The normalized spacial score (nSPS) is 10.9. The van der Waals surface area contributed by atoms with E-state index in [1.807, 2.05) is 19.1 Å². The van der Waals surface area contributed by atoms with Crippen LogP contribution in [0.4, 0.5) is 5.69 Å². The molecule has 0 atom stereocenters. The third kappa shape index (κ3) is 2.29. The van der Waals surface area contributed by atoms with Gasteiger partial charge in [-0.15, -0.1) is 0 Å². The third-order valence-corrected chi connectivity index (χ3v) is 3.75. The topological polar surface area (TPSA) is 25.2 Å². The lowest BCUT2D eigenvalue weighted by Gasteiger charge is -2.10. The van der Waals surface area contributed by atoms with Gasteiger partial charge in [0.25, 0.3) is 0 Å². The van der Waals surface area contributed by atoms with E-state index in [1.54, 1.807) is 0 Å². The standard InChI is InChI=1S/C18H19NO/c1-3-14-8-4-6-10-17(14)19-12-16-13(2)20-18-11-7-5-9-15(16)18/h4-11,19H,3,12H2,1-2H3. The minimum atomic E-state index is 0.792. The fourth-order valence-corrected chi connectivity index (χ4v) is 2.63. The Bertz CT molecular complexity index is 727. The van der Waals surface area contributed by atoms with E-state index in [4.69, 9.17) is 4.42 Å². The van der Waals surface area contributed by atoms with Crippen molar-refractivity contribution in [3.63, 3.8) is 0 Å². The Hall–Kier alpha value is -2.22. The Labute approximate surface area is 119 Å². The maximum atomic E-state index is 5.80. The molecule has 0 amide bonds. The molecule has 1 heterocycles. The molecule has 0 saturated heterocycles. The van der Waals surface area contributed by atoms with E-state index in [-0.39, 0.29) is 0 Å². The van der Waals surface area contributed by atoms with Crippen LogP contribution in [0.15, 0.2) is 52.9 Å². The summed E-state index contributed by atoms with van der Waals surface area (Å²) in [5.74, 6) is 0.993. The highest BCUT2D eigenvalue weighted by Gasteiger charge is 2.10. The number of para-hydroxylation sites is 2. The fourth-order valence-electron chi connectivity index (χ4n) is 2.63. The zero-order valence-corrected chi connectivity index (χ0v) is 11.9. The zero-order valence-electron chi connectivity index (χ0n) is 11.9. The first-order chi connectivity index (χ1) is 9.79. The Morgan fingerprint density at radius 3 is 2.60 bits per heavy atom. The Kier molecular flexibility index (Phi) is 3.46. The van der Waals surface area contributed by atoms with Crippen LogP contribution in [0.25, 0.3) is 11.0 Å². The predicted molar refractivity (Wildman–Crippen MR) is 84.1 cm³/mol. The van der Waals surface area contributed by atoms with E-state index in [9.17, 15) is 0 Å². The van der Waals surface area contributed by atoms with Crippen LogP contribution in [0.1, 0.15) is 23.8 Å². The van der Waals surface area contributed by atoms with Gasteiger partial charge in [0.15, 0.2) is 0 Å². The van der Waals surface area contributed by atoms with Gasteiger partial charge in [0.1, 0.15) is 11.3 Å². The first-order valence-electron chi connectivity index (χ1n) is 7.08. The number of furan rings is 1. The van der Waals surface area contributed by atoms with Crippen LogP contribution in [0.2, 0.25) is 0 Å². The first-order valence-corrected chi connectivity index (χ1v) is 7.08. The lowest BCUT2D eigenvalue weighted by Crippen LogP contribution is -2.02.